The topological polar surface area (TPSA) is 54.5 Å². The molecule has 3 heterocycles. The van der Waals surface area contributed by atoms with E-state index in [1.54, 1.807) is 0 Å². The van der Waals surface area contributed by atoms with Gasteiger partial charge in [-0.2, -0.15) is 0 Å². The molecule has 5 nitrogen and oxygen atoms in total. The molecule has 1 N–H and O–H groups in total. The number of aromatic nitrogens is 1. The predicted octanol–water partition coefficient (Wildman–Crippen LogP) is 3.14. The molecule has 0 radical (unpaired) electrons. The number of nitrogens with one attached hydrogen (secondary N) is 1. The van der Waals surface area contributed by atoms with Gasteiger partial charge in [0.2, 0.25) is 5.91 Å². The van der Waals surface area contributed by atoms with Crippen LogP contribution in [0, 0.1) is 5.92 Å². The summed E-state index contributed by atoms with van der Waals surface area (Å²) in [6.07, 6.45) is 4.46. The van der Waals surface area contributed by atoms with Gasteiger partial charge >= 0.3 is 0 Å². The van der Waals surface area contributed by atoms with E-state index in [-0.39, 0.29) is 11.8 Å². The second kappa shape index (κ2) is 6.61. The van der Waals surface area contributed by atoms with E-state index < -0.39 is 0 Å². The summed E-state index contributed by atoms with van der Waals surface area (Å²) in [5, 5.41) is 2.92. The molecule has 5 heteroatoms. The number of hydrogen-bond acceptors (Lipinski definition) is 4. The van der Waals surface area contributed by atoms with E-state index in [1.807, 2.05) is 18.3 Å². The Labute approximate surface area is 141 Å². The number of benzene rings is 1. The van der Waals surface area contributed by atoms with Gasteiger partial charge < -0.3 is 15.0 Å². The van der Waals surface area contributed by atoms with Crippen LogP contribution in [0.25, 0.3) is 0 Å². The minimum atomic E-state index is 0.0330. The highest BCUT2D eigenvalue weighted by Gasteiger charge is 2.22. The largest absolute Gasteiger partial charge is 0.381 e. The number of hydrogen-bond donors (Lipinski definition) is 1. The molecule has 0 aliphatic carbocycles. The molecule has 0 spiro atoms. The van der Waals surface area contributed by atoms with Crippen LogP contribution in [0.3, 0.4) is 0 Å². The van der Waals surface area contributed by atoms with Crippen molar-refractivity contribution in [2.75, 3.05) is 30.0 Å². The molecule has 2 aliphatic rings. The normalized spacial score (nSPS) is 17.6. The Hall–Kier alpha value is -2.40. The maximum atomic E-state index is 12.3. The van der Waals surface area contributed by atoms with E-state index in [0.717, 1.165) is 31.5 Å². The summed E-state index contributed by atoms with van der Waals surface area (Å²) in [6.45, 7) is 2.30. The smallest absolute Gasteiger partial charge is 0.228 e. The molecule has 1 amide bonds. The second-order valence-corrected chi connectivity index (χ2v) is 6.31. The van der Waals surface area contributed by atoms with Gasteiger partial charge in [-0.05, 0) is 43.0 Å². The molecule has 2 aromatic rings. The summed E-state index contributed by atoms with van der Waals surface area (Å²) >= 11 is 0. The second-order valence-electron chi connectivity index (χ2n) is 6.31. The van der Waals surface area contributed by atoms with E-state index in [0.29, 0.717) is 19.0 Å². The van der Waals surface area contributed by atoms with Crippen molar-refractivity contribution in [2.45, 2.75) is 19.3 Å². The summed E-state index contributed by atoms with van der Waals surface area (Å²) in [5.41, 5.74) is 3.68. The van der Waals surface area contributed by atoms with E-state index >= 15 is 0 Å². The monoisotopic (exact) mass is 323 g/mol. The number of anilines is 3. The number of carbonyl (C=O) groups is 1. The van der Waals surface area contributed by atoms with Gasteiger partial charge in [-0.15, -0.1) is 0 Å². The van der Waals surface area contributed by atoms with Gasteiger partial charge in [0.25, 0.3) is 0 Å². The molecule has 0 unspecified atom stereocenters. The molecule has 0 saturated carbocycles. The van der Waals surface area contributed by atoms with E-state index in [4.69, 9.17) is 4.74 Å². The van der Waals surface area contributed by atoms with Crippen LogP contribution in [0.15, 0.2) is 42.6 Å². The van der Waals surface area contributed by atoms with Crippen molar-refractivity contribution in [1.29, 1.82) is 0 Å². The molecule has 0 atom stereocenters. The Morgan fingerprint density at radius 1 is 1.17 bits per heavy atom. The van der Waals surface area contributed by atoms with Gasteiger partial charge in [0.1, 0.15) is 5.82 Å². The van der Waals surface area contributed by atoms with E-state index in [9.17, 15) is 4.79 Å². The average molecular weight is 323 g/mol. The Morgan fingerprint density at radius 2 is 2.00 bits per heavy atom. The van der Waals surface area contributed by atoms with Crippen molar-refractivity contribution < 1.29 is 9.53 Å². The Morgan fingerprint density at radius 3 is 2.79 bits per heavy atom. The molecule has 1 aromatic carbocycles. The number of nitrogens with zero attached hydrogens (tertiary/aromatic N) is 2. The van der Waals surface area contributed by atoms with Gasteiger partial charge in [0.05, 0.1) is 11.9 Å². The molecule has 0 bridgehead atoms. The quantitative estimate of drug-likeness (QED) is 0.943. The third kappa shape index (κ3) is 2.99. The standard InChI is InChI=1S/C19H21N3O2/c23-19(15-8-11-24-12-9-15)21-18-6-5-16(13-20-18)22-10-7-14-3-1-2-4-17(14)22/h1-6,13,15H,7-12H2,(H,20,21,23). The van der Waals surface area contributed by atoms with Gasteiger partial charge in [-0.1, -0.05) is 18.2 Å². The SMILES string of the molecule is O=C(Nc1ccc(N2CCc3ccccc32)cn1)C1CCOCC1. The number of rotatable bonds is 3. The van der Waals surface area contributed by atoms with Crippen LogP contribution in [0.4, 0.5) is 17.2 Å². The highest BCUT2D eigenvalue weighted by molar-refractivity contribution is 5.91. The number of para-hydroxylation sites is 1. The number of pyridine rings is 1. The van der Waals surface area contributed by atoms with Crippen LogP contribution in [0.1, 0.15) is 18.4 Å². The van der Waals surface area contributed by atoms with Crippen molar-refractivity contribution >= 4 is 23.1 Å². The molecule has 1 saturated heterocycles. The maximum Gasteiger partial charge on any atom is 0.228 e. The third-order valence-corrected chi connectivity index (χ3v) is 4.79. The first-order chi connectivity index (χ1) is 11.8. The van der Waals surface area contributed by atoms with Gasteiger partial charge in [-0.3, -0.25) is 4.79 Å². The summed E-state index contributed by atoms with van der Waals surface area (Å²) in [4.78, 5) is 19.0. The summed E-state index contributed by atoms with van der Waals surface area (Å²) < 4.78 is 5.30. The Balaban J connectivity index is 1.44. The highest BCUT2D eigenvalue weighted by atomic mass is 16.5. The third-order valence-electron chi connectivity index (χ3n) is 4.79. The number of amides is 1. The lowest BCUT2D eigenvalue weighted by molar-refractivity contribution is -0.122. The minimum absolute atomic E-state index is 0.0330. The van der Waals surface area contributed by atoms with Crippen molar-refractivity contribution in [3.05, 3.63) is 48.2 Å². The van der Waals surface area contributed by atoms with Crippen LogP contribution in [-0.4, -0.2) is 30.6 Å². The fraction of sp³-hybridized carbons (Fsp3) is 0.368. The van der Waals surface area contributed by atoms with Crippen LogP contribution in [-0.2, 0) is 16.0 Å². The summed E-state index contributed by atoms with van der Waals surface area (Å²) in [6, 6.07) is 12.4. The van der Waals surface area contributed by atoms with Crippen molar-refractivity contribution in [1.82, 2.24) is 4.98 Å². The van der Waals surface area contributed by atoms with Crippen LogP contribution in [0.2, 0.25) is 0 Å². The van der Waals surface area contributed by atoms with Crippen molar-refractivity contribution in [3.63, 3.8) is 0 Å². The van der Waals surface area contributed by atoms with Gasteiger partial charge in [-0.25, -0.2) is 4.98 Å². The molecule has 2 aliphatic heterocycles. The summed E-state index contributed by atoms with van der Waals surface area (Å²) in [5.74, 6) is 0.693. The molecule has 4 rings (SSSR count). The predicted molar refractivity (Wildman–Crippen MR) is 93.6 cm³/mol. The zero-order chi connectivity index (χ0) is 16.4. The zero-order valence-electron chi connectivity index (χ0n) is 13.6. The first-order valence-corrected chi connectivity index (χ1v) is 8.51. The van der Waals surface area contributed by atoms with Crippen LogP contribution >= 0.6 is 0 Å². The Bertz CT molecular complexity index is 724. The van der Waals surface area contributed by atoms with Crippen molar-refractivity contribution in [2.24, 2.45) is 5.92 Å². The first kappa shape index (κ1) is 15.1. The van der Waals surface area contributed by atoms with E-state index in [2.05, 4.69) is 39.5 Å². The lowest BCUT2D eigenvalue weighted by Crippen LogP contribution is -2.28. The fourth-order valence-electron chi connectivity index (χ4n) is 3.41. The fourth-order valence-corrected chi connectivity index (χ4v) is 3.41. The number of fused-ring (bicyclic) bond motifs is 1. The molecular formula is C19H21N3O2. The van der Waals surface area contributed by atoms with Crippen LogP contribution < -0.4 is 10.2 Å². The van der Waals surface area contributed by atoms with Crippen molar-refractivity contribution in [3.8, 4) is 0 Å². The molecule has 1 fully saturated rings. The highest BCUT2D eigenvalue weighted by Crippen LogP contribution is 2.34. The lowest BCUT2D eigenvalue weighted by Gasteiger charge is -2.21. The van der Waals surface area contributed by atoms with E-state index in [1.165, 1.54) is 11.3 Å². The Kier molecular flexibility index (Phi) is 4.17. The van der Waals surface area contributed by atoms with Crippen LogP contribution in [0.5, 0.6) is 0 Å². The molecule has 1 aromatic heterocycles. The first-order valence-electron chi connectivity index (χ1n) is 8.51. The summed E-state index contributed by atoms with van der Waals surface area (Å²) in [7, 11) is 0. The number of ether oxygens (including phenoxy) is 1. The van der Waals surface area contributed by atoms with Gasteiger partial charge in [0, 0.05) is 31.4 Å². The van der Waals surface area contributed by atoms with Gasteiger partial charge in [0.15, 0.2) is 0 Å². The minimum Gasteiger partial charge on any atom is -0.381 e. The molecular weight excluding hydrogens is 302 g/mol. The lowest BCUT2D eigenvalue weighted by atomic mass is 9.99. The maximum absolute atomic E-state index is 12.3. The molecule has 24 heavy (non-hydrogen) atoms. The molecule has 124 valence electrons. The zero-order valence-corrected chi connectivity index (χ0v) is 13.6. The average Bonchev–Trinajstić information content (AvgIpc) is 3.07. The number of carbonyl (C=O) groups excluding carboxylic acids is 1.